The van der Waals surface area contributed by atoms with Crippen molar-refractivity contribution in [3.8, 4) is 11.8 Å². The van der Waals surface area contributed by atoms with Crippen molar-refractivity contribution in [3.05, 3.63) is 35.4 Å². The number of hydrogen-bond acceptors (Lipinski definition) is 3. The minimum Gasteiger partial charge on any atom is -0.479 e. The molecule has 108 valence electrons. The van der Waals surface area contributed by atoms with Crippen molar-refractivity contribution in [2.45, 2.75) is 39.7 Å². The third-order valence-corrected chi connectivity index (χ3v) is 2.85. The van der Waals surface area contributed by atoms with Crippen LogP contribution in [0.5, 0.6) is 5.75 Å². The van der Waals surface area contributed by atoms with Gasteiger partial charge in [0.1, 0.15) is 11.8 Å². The average Bonchev–Trinajstić information content (AvgIpc) is 2.41. The fourth-order valence-electron chi connectivity index (χ4n) is 1.67. The zero-order valence-corrected chi connectivity index (χ0v) is 12.9. The van der Waals surface area contributed by atoms with Gasteiger partial charge in [0.25, 0.3) is 0 Å². The Kier molecular flexibility index (Phi) is 6.27. The number of ether oxygens (including phenoxy) is 1. The molecule has 0 saturated carbocycles. The highest BCUT2D eigenvalue weighted by Crippen LogP contribution is 2.15. The highest BCUT2D eigenvalue weighted by atomic mass is 16.5. The molecule has 0 heterocycles. The molecule has 0 saturated heterocycles. The van der Waals surface area contributed by atoms with E-state index in [1.165, 1.54) is 5.57 Å². The lowest BCUT2D eigenvalue weighted by Gasteiger charge is -2.21. The van der Waals surface area contributed by atoms with Crippen molar-refractivity contribution in [2.24, 2.45) is 0 Å². The molecule has 0 fully saturated rings. The van der Waals surface area contributed by atoms with E-state index in [1.807, 2.05) is 30.3 Å². The van der Waals surface area contributed by atoms with E-state index in [0.717, 1.165) is 24.3 Å². The van der Waals surface area contributed by atoms with Crippen molar-refractivity contribution >= 4 is 6.08 Å². The van der Waals surface area contributed by atoms with E-state index in [1.54, 1.807) is 0 Å². The molecule has 1 rings (SSSR count). The Labute approximate surface area is 122 Å². The number of nitriles is 1. The molecule has 0 amide bonds. The molecule has 0 aliphatic carbocycles. The van der Waals surface area contributed by atoms with Gasteiger partial charge in [-0.1, -0.05) is 30.7 Å². The third-order valence-electron chi connectivity index (χ3n) is 2.85. The maximum atomic E-state index is 8.47. The summed E-state index contributed by atoms with van der Waals surface area (Å²) in [5.74, 6) is 0.731. The summed E-state index contributed by atoms with van der Waals surface area (Å²) >= 11 is 0. The molecule has 0 aliphatic heterocycles. The third kappa shape index (κ3) is 6.40. The predicted molar refractivity (Wildman–Crippen MR) is 83.6 cm³/mol. The molecule has 3 heteroatoms. The first kappa shape index (κ1) is 16.3. The molecule has 3 nitrogen and oxygen atoms in total. The molecule has 1 aromatic carbocycles. The van der Waals surface area contributed by atoms with E-state index >= 15 is 0 Å². The van der Waals surface area contributed by atoms with Crippen molar-refractivity contribution in [2.75, 3.05) is 13.2 Å². The Morgan fingerprint density at radius 3 is 2.45 bits per heavy atom. The summed E-state index contributed by atoms with van der Waals surface area (Å²) in [4.78, 5) is 0. The first-order valence-corrected chi connectivity index (χ1v) is 6.99. The molecule has 0 radical (unpaired) electrons. The van der Waals surface area contributed by atoms with E-state index < -0.39 is 0 Å². The second kappa shape index (κ2) is 7.72. The maximum absolute atomic E-state index is 8.47. The standard InChI is InChI=1S/C17H24N2O/c1-5-14(13-19-17(2,3)4)12-15-6-8-16(9-7-15)20-11-10-18/h6-9,12,19H,5,11,13H2,1-4H3. The van der Waals surface area contributed by atoms with Crippen molar-refractivity contribution in [1.29, 1.82) is 5.26 Å². The number of hydrogen-bond donors (Lipinski definition) is 1. The van der Waals surface area contributed by atoms with Crippen LogP contribution in [0.15, 0.2) is 29.8 Å². The van der Waals surface area contributed by atoms with E-state index in [-0.39, 0.29) is 12.1 Å². The summed E-state index contributed by atoms with van der Waals surface area (Å²) in [7, 11) is 0. The predicted octanol–water partition coefficient (Wildman–Crippen LogP) is 3.77. The lowest BCUT2D eigenvalue weighted by atomic mass is 10.1. The lowest BCUT2D eigenvalue weighted by molar-refractivity contribution is 0.368. The smallest absolute Gasteiger partial charge is 0.174 e. The van der Waals surface area contributed by atoms with Crippen LogP contribution in [0.1, 0.15) is 39.7 Å². The molecule has 20 heavy (non-hydrogen) atoms. The van der Waals surface area contributed by atoms with Crippen molar-refractivity contribution in [3.63, 3.8) is 0 Å². The van der Waals surface area contributed by atoms with E-state index in [0.29, 0.717) is 0 Å². The van der Waals surface area contributed by atoms with E-state index in [2.05, 4.69) is 39.1 Å². The van der Waals surface area contributed by atoms with Crippen LogP contribution in [0.25, 0.3) is 6.08 Å². The van der Waals surface area contributed by atoms with Gasteiger partial charge >= 0.3 is 0 Å². The van der Waals surface area contributed by atoms with Crippen LogP contribution in [-0.2, 0) is 0 Å². The van der Waals surface area contributed by atoms with Gasteiger partial charge in [-0.2, -0.15) is 5.26 Å². The van der Waals surface area contributed by atoms with Gasteiger partial charge in [-0.15, -0.1) is 0 Å². The number of nitrogens with one attached hydrogen (secondary N) is 1. The second-order valence-corrected chi connectivity index (χ2v) is 5.78. The van der Waals surface area contributed by atoms with Gasteiger partial charge in [-0.25, -0.2) is 0 Å². The van der Waals surface area contributed by atoms with Gasteiger partial charge in [0.05, 0.1) is 0 Å². The molecular formula is C17H24N2O. The minimum atomic E-state index is 0.0882. The van der Waals surface area contributed by atoms with Crippen LogP contribution in [0.3, 0.4) is 0 Å². The number of rotatable bonds is 6. The fourth-order valence-corrected chi connectivity index (χ4v) is 1.67. The van der Waals surface area contributed by atoms with Gasteiger partial charge in [-0.05, 0) is 44.9 Å². The van der Waals surface area contributed by atoms with E-state index in [4.69, 9.17) is 10.00 Å². The zero-order valence-electron chi connectivity index (χ0n) is 12.9. The molecule has 0 bridgehead atoms. The molecular weight excluding hydrogens is 248 g/mol. The summed E-state index contributed by atoms with van der Waals surface area (Å²) in [5, 5.41) is 12.0. The summed E-state index contributed by atoms with van der Waals surface area (Å²) in [6.07, 6.45) is 3.22. The quantitative estimate of drug-likeness (QED) is 0.857. The largest absolute Gasteiger partial charge is 0.479 e. The second-order valence-electron chi connectivity index (χ2n) is 5.78. The number of nitrogens with zero attached hydrogens (tertiary/aromatic N) is 1. The SMILES string of the molecule is CCC(=Cc1ccc(OCC#N)cc1)CNC(C)(C)C. The highest BCUT2D eigenvalue weighted by Gasteiger charge is 2.08. The van der Waals surface area contributed by atoms with Crippen LogP contribution in [0.2, 0.25) is 0 Å². The van der Waals surface area contributed by atoms with Gasteiger partial charge in [0, 0.05) is 12.1 Å². The van der Waals surface area contributed by atoms with Gasteiger partial charge in [0.2, 0.25) is 0 Å². The topological polar surface area (TPSA) is 45.0 Å². The Balaban J connectivity index is 2.68. The summed E-state index contributed by atoms with van der Waals surface area (Å²) in [6.45, 7) is 9.66. The Bertz CT molecular complexity index is 475. The molecule has 1 aromatic rings. The molecule has 0 unspecified atom stereocenters. The normalized spacial score (nSPS) is 12.1. The first-order chi connectivity index (χ1) is 9.44. The Morgan fingerprint density at radius 2 is 1.95 bits per heavy atom. The van der Waals surface area contributed by atoms with Gasteiger partial charge in [0.15, 0.2) is 6.61 Å². The number of benzene rings is 1. The molecule has 0 spiro atoms. The Morgan fingerprint density at radius 1 is 1.30 bits per heavy atom. The fraction of sp³-hybridized carbons (Fsp3) is 0.471. The van der Waals surface area contributed by atoms with Gasteiger partial charge < -0.3 is 10.1 Å². The van der Waals surface area contributed by atoms with Crippen molar-refractivity contribution in [1.82, 2.24) is 5.32 Å². The monoisotopic (exact) mass is 272 g/mol. The first-order valence-electron chi connectivity index (χ1n) is 6.99. The lowest BCUT2D eigenvalue weighted by Crippen LogP contribution is -2.36. The summed E-state index contributed by atoms with van der Waals surface area (Å²) < 4.78 is 5.24. The summed E-state index contributed by atoms with van der Waals surface area (Å²) in [5.41, 5.74) is 2.65. The highest BCUT2D eigenvalue weighted by molar-refractivity contribution is 5.54. The van der Waals surface area contributed by atoms with Crippen LogP contribution < -0.4 is 10.1 Å². The van der Waals surface area contributed by atoms with Crippen molar-refractivity contribution < 1.29 is 4.74 Å². The van der Waals surface area contributed by atoms with E-state index in [9.17, 15) is 0 Å². The van der Waals surface area contributed by atoms with Crippen LogP contribution in [0, 0.1) is 11.3 Å². The summed E-state index contributed by atoms with van der Waals surface area (Å²) in [6, 6.07) is 9.78. The van der Waals surface area contributed by atoms with Crippen LogP contribution in [0.4, 0.5) is 0 Å². The van der Waals surface area contributed by atoms with Crippen LogP contribution >= 0.6 is 0 Å². The Hall–Kier alpha value is -1.79. The van der Waals surface area contributed by atoms with Crippen LogP contribution in [-0.4, -0.2) is 18.7 Å². The molecule has 0 atom stereocenters. The maximum Gasteiger partial charge on any atom is 0.174 e. The molecule has 0 aromatic heterocycles. The average molecular weight is 272 g/mol. The minimum absolute atomic E-state index is 0.0882. The molecule has 0 aliphatic rings. The molecule has 1 N–H and O–H groups in total. The zero-order chi connectivity index (χ0) is 15.0. The van der Waals surface area contributed by atoms with Gasteiger partial charge in [-0.3, -0.25) is 0 Å².